The van der Waals surface area contributed by atoms with Crippen LogP contribution in [0.3, 0.4) is 0 Å². The number of halogens is 1. The number of hydrogen-bond donors (Lipinski definition) is 1. The Morgan fingerprint density at radius 2 is 2.00 bits per heavy atom. The lowest BCUT2D eigenvalue weighted by molar-refractivity contribution is 0.0939. The van der Waals surface area contributed by atoms with Crippen molar-refractivity contribution in [3.8, 4) is 0 Å². The van der Waals surface area contributed by atoms with Gasteiger partial charge in [-0.1, -0.05) is 12.1 Å². The molecule has 3 heterocycles. The first-order chi connectivity index (χ1) is 13.5. The number of hydrogen-bond acceptors (Lipinski definition) is 5. The molecule has 28 heavy (non-hydrogen) atoms. The van der Waals surface area contributed by atoms with Gasteiger partial charge in [-0.05, 0) is 24.6 Å². The van der Waals surface area contributed by atoms with Gasteiger partial charge < -0.3 is 9.88 Å². The highest BCUT2D eigenvalue weighted by molar-refractivity contribution is 7.15. The lowest BCUT2D eigenvalue weighted by Gasteiger charge is -2.19. The van der Waals surface area contributed by atoms with Crippen LogP contribution in [0.25, 0.3) is 4.96 Å². The van der Waals surface area contributed by atoms with Crippen LogP contribution in [-0.2, 0) is 7.05 Å². The molecule has 1 aromatic carbocycles. The van der Waals surface area contributed by atoms with Crippen molar-refractivity contribution in [3.63, 3.8) is 0 Å². The minimum atomic E-state index is -0.656. The number of imidazole rings is 1. The molecule has 0 bridgehead atoms. The van der Waals surface area contributed by atoms with Crippen LogP contribution in [-0.4, -0.2) is 24.8 Å². The number of rotatable bonds is 4. The Hall–Kier alpha value is -3.33. The summed E-state index contributed by atoms with van der Waals surface area (Å²) >= 11 is 1.33. The molecular formula is C19H16FN5O2S. The molecule has 0 saturated carbocycles. The summed E-state index contributed by atoms with van der Waals surface area (Å²) in [6.07, 6.45) is 4.63. The summed E-state index contributed by atoms with van der Waals surface area (Å²) < 4.78 is 16.5. The van der Waals surface area contributed by atoms with E-state index in [0.29, 0.717) is 22.0 Å². The Kier molecular flexibility index (Phi) is 4.52. The van der Waals surface area contributed by atoms with E-state index in [1.54, 1.807) is 48.4 Å². The third-order valence-corrected chi connectivity index (χ3v) is 5.41. The van der Waals surface area contributed by atoms with E-state index in [9.17, 15) is 14.0 Å². The highest BCUT2D eigenvalue weighted by Crippen LogP contribution is 2.21. The van der Waals surface area contributed by atoms with Gasteiger partial charge in [-0.15, -0.1) is 11.3 Å². The molecule has 142 valence electrons. The van der Waals surface area contributed by atoms with Crippen molar-refractivity contribution < 1.29 is 9.18 Å². The minimum Gasteiger partial charge on any atom is -0.338 e. The number of nitrogens with one attached hydrogen (secondary N) is 1. The highest BCUT2D eigenvalue weighted by Gasteiger charge is 2.24. The zero-order valence-corrected chi connectivity index (χ0v) is 15.9. The molecule has 4 aromatic rings. The number of aryl methyl sites for hydroxylation is 2. The molecule has 1 N–H and O–H groups in total. The van der Waals surface area contributed by atoms with Crippen molar-refractivity contribution in [1.29, 1.82) is 0 Å². The standard InChI is InChI=1S/C19H16FN5O2S/c1-11-10-28-19-22-9-14(18(27)25(11)19)17(26)23-15(16-21-7-8-24(16)2)12-3-5-13(20)6-4-12/h3-10,15H,1-2H3,(H,23,26)/t15-/m0/s1. The predicted octanol–water partition coefficient (Wildman–Crippen LogP) is 2.46. The van der Waals surface area contributed by atoms with Gasteiger partial charge in [0.15, 0.2) is 4.96 Å². The van der Waals surface area contributed by atoms with Gasteiger partial charge in [-0.3, -0.25) is 14.0 Å². The van der Waals surface area contributed by atoms with Crippen LogP contribution < -0.4 is 10.9 Å². The van der Waals surface area contributed by atoms with E-state index in [-0.39, 0.29) is 11.4 Å². The highest BCUT2D eigenvalue weighted by atomic mass is 32.1. The molecule has 0 unspecified atom stereocenters. The van der Waals surface area contributed by atoms with Crippen LogP contribution in [0.5, 0.6) is 0 Å². The third kappa shape index (κ3) is 3.09. The number of fused-ring (bicyclic) bond motifs is 1. The Morgan fingerprint density at radius 1 is 1.25 bits per heavy atom. The molecular weight excluding hydrogens is 381 g/mol. The Morgan fingerprint density at radius 3 is 2.68 bits per heavy atom. The van der Waals surface area contributed by atoms with E-state index < -0.39 is 17.5 Å². The summed E-state index contributed by atoms with van der Waals surface area (Å²) in [7, 11) is 1.79. The molecule has 0 radical (unpaired) electrons. The maximum absolute atomic E-state index is 13.3. The molecule has 0 aliphatic heterocycles. The third-order valence-electron chi connectivity index (χ3n) is 4.46. The maximum atomic E-state index is 13.3. The van der Waals surface area contributed by atoms with Crippen molar-refractivity contribution in [2.24, 2.45) is 7.05 Å². The molecule has 0 aliphatic rings. The van der Waals surface area contributed by atoms with Gasteiger partial charge in [-0.25, -0.2) is 14.4 Å². The molecule has 7 nitrogen and oxygen atoms in total. The van der Waals surface area contributed by atoms with Crippen LogP contribution >= 0.6 is 11.3 Å². The summed E-state index contributed by atoms with van der Waals surface area (Å²) in [5.41, 5.74) is 0.857. The van der Waals surface area contributed by atoms with Crippen molar-refractivity contribution in [1.82, 2.24) is 24.3 Å². The number of thiazole rings is 1. The van der Waals surface area contributed by atoms with Crippen LogP contribution in [0.15, 0.2) is 53.0 Å². The lowest BCUT2D eigenvalue weighted by Crippen LogP contribution is -2.35. The maximum Gasteiger partial charge on any atom is 0.271 e. The molecule has 9 heteroatoms. The van der Waals surface area contributed by atoms with Crippen molar-refractivity contribution in [2.45, 2.75) is 13.0 Å². The van der Waals surface area contributed by atoms with Crippen molar-refractivity contribution in [3.05, 3.63) is 87.1 Å². The van der Waals surface area contributed by atoms with Gasteiger partial charge in [0.2, 0.25) is 0 Å². The predicted molar refractivity (Wildman–Crippen MR) is 103 cm³/mol. The summed E-state index contributed by atoms with van der Waals surface area (Å²) in [5.74, 6) is -0.398. The number of amides is 1. The van der Waals surface area contributed by atoms with Crippen LogP contribution in [0.2, 0.25) is 0 Å². The van der Waals surface area contributed by atoms with E-state index >= 15 is 0 Å². The molecule has 0 fully saturated rings. The average Bonchev–Trinajstić information content (AvgIpc) is 3.27. The van der Waals surface area contributed by atoms with Crippen molar-refractivity contribution >= 4 is 22.2 Å². The fourth-order valence-electron chi connectivity index (χ4n) is 3.00. The SMILES string of the molecule is Cc1csc2ncc(C(=O)N[C@@H](c3ccc(F)cc3)c3nccn3C)c(=O)n12. The second-order valence-corrected chi connectivity index (χ2v) is 7.16. The normalized spacial score (nSPS) is 12.2. The smallest absolute Gasteiger partial charge is 0.271 e. The van der Waals surface area contributed by atoms with Crippen LogP contribution in [0, 0.1) is 12.7 Å². The Bertz CT molecular complexity index is 1230. The molecule has 0 saturated heterocycles. The van der Waals surface area contributed by atoms with E-state index in [1.165, 1.54) is 34.1 Å². The average molecular weight is 397 g/mol. The van der Waals surface area contributed by atoms with Gasteiger partial charge in [0, 0.05) is 36.7 Å². The van der Waals surface area contributed by atoms with E-state index in [4.69, 9.17) is 0 Å². The molecule has 1 amide bonds. The van der Waals surface area contributed by atoms with E-state index in [0.717, 1.165) is 0 Å². The molecule has 4 rings (SSSR count). The number of carbonyl (C=O) groups is 1. The Labute approximate surface area is 163 Å². The number of benzene rings is 1. The number of carbonyl (C=O) groups excluding carboxylic acids is 1. The zero-order valence-electron chi connectivity index (χ0n) is 15.1. The molecule has 1 atom stereocenters. The second kappa shape index (κ2) is 7.01. The lowest BCUT2D eigenvalue weighted by atomic mass is 10.1. The van der Waals surface area contributed by atoms with Gasteiger partial charge in [0.1, 0.15) is 23.2 Å². The molecule has 0 spiro atoms. The minimum absolute atomic E-state index is 0.0691. The quantitative estimate of drug-likeness (QED) is 0.574. The number of nitrogens with zero attached hydrogens (tertiary/aromatic N) is 4. The monoisotopic (exact) mass is 397 g/mol. The van der Waals surface area contributed by atoms with Gasteiger partial charge in [0.05, 0.1) is 0 Å². The second-order valence-electron chi connectivity index (χ2n) is 6.33. The van der Waals surface area contributed by atoms with Gasteiger partial charge in [-0.2, -0.15) is 0 Å². The fraction of sp³-hybridized carbons (Fsp3) is 0.158. The zero-order chi connectivity index (χ0) is 19.8. The molecule has 3 aromatic heterocycles. The first-order valence-corrected chi connectivity index (χ1v) is 9.33. The fourth-order valence-corrected chi connectivity index (χ4v) is 3.82. The van der Waals surface area contributed by atoms with Crippen molar-refractivity contribution in [2.75, 3.05) is 0 Å². The van der Waals surface area contributed by atoms with E-state index in [1.807, 2.05) is 0 Å². The van der Waals surface area contributed by atoms with Crippen LogP contribution in [0.4, 0.5) is 4.39 Å². The summed E-state index contributed by atoms with van der Waals surface area (Å²) in [6.45, 7) is 1.78. The van der Waals surface area contributed by atoms with Gasteiger partial charge in [0.25, 0.3) is 11.5 Å². The number of aromatic nitrogens is 4. The molecule has 0 aliphatic carbocycles. The topological polar surface area (TPSA) is 81.3 Å². The summed E-state index contributed by atoms with van der Waals surface area (Å²) in [4.78, 5) is 34.7. The first kappa shape index (κ1) is 18.1. The first-order valence-electron chi connectivity index (χ1n) is 8.45. The van der Waals surface area contributed by atoms with Crippen LogP contribution in [0.1, 0.15) is 33.5 Å². The largest absolute Gasteiger partial charge is 0.338 e. The Balaban J connectivity index is 1.75. The summed E-state index contributed by atoms with van der Waals surface area (Å²) in [5, 5.41) is 4.64. The van der Waals surface area contributed by atoms with Gasteiger partial charge >= 0.3 is 0 Å². The summed E-state index contributed by atoms with van der Waals surface area (Å²) in [6, 6.07) is 5.12. The van der Waals surface area contributed by atoms with E-state index in [2.05, 4.69) is 15.3 Å².